The molecular weight excluding hydrogens is 819 g/mol. The average molecular weight is 864 g/mol. The first-order chi connectivity index (χ1) is 32.9. The Kier molecular flexibility index (Phi) is 9.57. The summed E-state index contributed by atoms with van der Waals surface area (Å²) < 4.78 is 4.93. The second-order valence-corrected chi connectivity index (χ2v) is 17.3. The van der Waals surface area contributed by atoms with Crippen LogP contribution in [-0.2, 0) is 0 Å². The summed E-state index contributed by atoms with van der Waals surface area (Å²) in [4.78, 5) is 23.4. The molecule has 0 spiro atoms. The van der Waals surface area contributed by atoms with Gasteiger partial charge in [-0.3, -0.25) is 9.97 Å². The van der Waals surface area contributed by atoms with Crippen LogP contribution >= 0.6 is 0 Å². The van der Waals surface area contributed by atoms with Crippen molar-refractivity contribution in [1.29, 1.82) is 0 Å². The van der Waals surface area contributed by atoms with Gasteiger partial charge < -0.3 is 14.0 Å². The van der Waals surface area contributed by atoms with E-state index in [-0.39, 0.29) is 0 Å². The predicted molar refractivity (Wildman–Crippen MR) is 276 cm³/mol. The Labute approximate surface area is 388 Å². The van der Waals surface area contributed by atoms with Crippen LogP contribution in [0.15, 0.2) is 200 Å². The highest BCUT2D eigenvalue weighted by molar-refractivity contribution is 6.12. The van der Waals surface area contributed by atoms with Gasteiger partial charge in [-0.15, -0.1) is 0 Å². The lowest BCUT2D eigenvalue weighted by molar-refractivity contribution is 1.08. The molecule has 5 heterocycles. The molecule has 0 fully saturated rings. The van der Waals surface area contributed by atoms with Crippen molar-refractivity contribution >= 4 is 60.9 Å². The third-order valence-electron chi connectivity index (χ3n) is 13.1. The van der Waals surface area contributed by atoms with Crippen molar-refractivity contribution < 1.29 is 0 Å². The molecule has 12 rings (SSSR count). The van der Waals surface area contributed by atoms with Crippen LogP contribution < -0.4 is 4.90 Å². The maximum Gasteiger partial charge on any atom is 0.160 e. The van der Waals surface area contributed by atoms with Gasteiger partial charge in [-0.05, 0) is 105 Å². The molecule has 0 saturated carbocycles. The van der Waals surface area contributed by atoms with Crippen LogP contribution in [-0.4, -0.2) is 29.1 Å². The standard InChI is InChI=1S/C60H45N7/c1-38-19-17-29-47-53-57(40(3)31-33-61-53)66(55(38)47)51-35-44(50-37-49(42-21-9-5-10-22-42)63-60(64-50)43-23-11-6-12-24-43)36-52(59(51)65(45-25-13-7-14-26-45)46-27-15-8-16-28-46)67-56-39(2)20-18-30-48(56)54-58(67)41(4)32-34-62-54/h5-37H,1-4H3. The lowest BCUT2D eigenvalue weighted by Crippen LogP contribution is -2.17. The molecule has 67 heavy (non-hydrogen) atoms. The van der Waals surface area contributed by atoms with E-state index in [9.17, 15) is 0 Å². The molecule has 0 aliphatic carbocycles. The zero-order valence-electron chi connectivity index (χ0n) is 37.7. The van der Waals surface area contributed by atoms with Crippen molar-refractivity contribution in [3.8, 4) is 45.3 Å². The van der Waals surface area contributed by atoms with Gasteiger partial charge in [0.2, 0.25) is 0 Å². The van der Waals surface area contributed by atoms with E-state index in [1.807, 2.05) is 36.7 Å². The number of rotatable bonds is 8. The Morgan fingerprint density at radius 2 is 0.791 bits per heavy atom. The number of nitrogens with zero attached hydrogens (tertiary/aromatic N) is 7. The van der Waals surface area contributed by atoms with Gasteiger partial charge in [0.05, 0.1) is 61.6 Å². The maximum absolute atomic E-state index is 5.49. The molecule has 0 aliphatic heterocycles. The van der Waals surface area contributed by atoms with Crippen LogP contribution in [0.5, 0.6) is 0 Å². The summed E-state index contributed by atoms with van der Waals surface area (Å²) in [7, 11) is 0. The van der Waals surface area contributed by atoms with Crippen LogP contribution in [0.1, 0.15) is 22.3 Å². The molecule has 5 aromatic heterocycles. The van der Waals surface area contributed by atoms with Crippen molar-refractivity contribution in [2.75, 3.05) is 4.90 Å². The maximum atomic E-state index is 5.49. The fourth-order valence-corrected chi connectivity index (χ4v) is 10.0. The van der Waals surface area contributed by atoms with Crippen molar-refractivity contribution in [2.24, 2.45) is 0 Å². The highest BCUT2D eigenvalue weighted by Gasteiger charge is 2.30. The number of para-hydroxylation sites is 4. The second kappa shape index (κ2) is 16.1. The Morgan fingerprint density at radius 1 is 0.373 bits per heavy atom. The van der Waals surface area contributed by atoms with Gasteiger partial charge in [0.25, 0.3) is 0 Å². The molecule has 0 aliphatic rings. The highest BCUT2D eigenvalue weighted by Crippen LogP contribution is 2.49. The van der Waals surface area contributed by atoms with E-state index in [4.69, 9.17) is 19.9 Å². The Balaban J connectivity index is 1.34. The number of hydrogen-bond acceptors (Lipinski definition) is 5. The molecule has 0 N–H and O–H groups in total. The van der Waals surface area contributed by atoms with Gasteiger partial charge in [0.1, 0.15) is 0 Å². The smallest absolute Gasteiger partial charge is 0.160 e. The zero-order chi connectivity index (χ0) is 45.2. The molecule has 0 radical (unpaired) electrons. The van der Waals surface area contributed by atoms with E-state index >= 15 is 0 Å². The molecule has 0 atom stereocenters. The predicted octanol–water partition coefficient (Wildman–Crippen LogP) is 15.2. The molecule has 0 unspecified atom stereocenters. The molecule has 0 amide bonds. The minimum Gasteiger partial charge on any atom is -0.307 e. The first-order valence-corrected chi connectivity index (χ1v) is 22.7. The topological polar surface area (TPSA) is 64.7 Å². The van der Waals surface area contributed by atoms with Crippen LogP contribution in [0, 0.1) is 27.7 Å². The summed E-state index contributed by atoms with van der Waals surface area (Å²) in [5, 5.41) is 2.19. The molecule has 7 nitrogen and oxygen atoms in total. The quantitative estimate of drug-likeness (QED) is 0.152. The van der Waals surface area contributed by atoms with Crippen LogP contribution in [0.2, 0.25) is 0 Å². The number of anilines is 3. The number of fused-ring (bicyclic) bond motifs is 6. The third kappa shape index (κ3) is 6.58. The fraction of sp³-hybridized carbons (Fsp3) is 0.0667. The minimum absolute atomic E-state index is 0.653. The van der Waals surface area contributed by atoms with Crippen LogP contribution in [0.25, 0.3) is 89.2 Å². The molecule has 7 aromatic carbocycles. The monoisotopic (exact) mass is 863 g/mol. The first kappa shape index (κ1) is 39.9. The highest BCUT2D eigenvalue weighted by atomic mass is 15.2. The van der Waals surface area contributed by atoms with Gasteiger partial charge >= 0.3 is 0 Å². The van der Waals surface area contributed by atoms with E-state index in [1.54, 1.807) is 0 Å². The van der Waals surface area contributed by atoms with E-state index in [0.29, 0.717) is 5.82 Å². The Morgan fingerprint density at radius 3 is 1.27 bits per heavy atom. The van der Waals surface area contributed by atoms with Crippen LogP contribution in [0.3, 0.4) is 0 Å². The number of benzene rings is 7. The summed E-state index contributed by atoms with van der Waals surface area (Å²) in [5.74, 6) is 0.653. The summed E-state index contributed by atoms with van der Waals surface area (Å²) in [6, 6.07) is 66.3. The van der Waals surface area contributed by atoms with E-state index in [2.05, 4.69) is 206 Å². The SMILES string of the molecule is Cc1cccc2c3nccc(C)c3n(-c3cc(-c4cc(-c5ccccc5)nc(-c5ccccc5)n4)cc(-n4c5c(C)cccc5c5nccc(C)c54)c3N(c3ccccc3)c3ccccc3)c12. The van der Waals surface area contributed by atoms with Gasteiger partial charge in [0, 0.05) is 51.2 Å². The molecule has 0 bridgehead atoms. The van der Waals surface area contributed by atoms with E-state index in [0.717, 1.165) is 123 Å². The van der Waals surface area contributed by atoms with Crippen LogP contribution in [0.4, 0.5) is 17.1 Å². The van der Waals surface area contributed by atoms with Crippen molar-refractivity contribution in [3.63, 3.8) is 0 Å². The zero-order valence-corrected chi connectivity index (χ0v) is 37.7. The Bertz CT molecular complexity index is 3480. The minimum atomic E-state index is 0.653. The number of aromatic nitrogens is 6. The van der Waals surface area contributed by atoms with Gasteiger partial charge in [-0.2, -0.15) is 0 Å². The van der Waals surface area contributed by atoms with Crippen molar-refractivity contribution in [1.82, 2.24) is 29.1 Å². The molecule has 7 heteroatoms. The van der Waals surface area contributed by atoms with Gasteiger partial charge in [-0.1, -0.05) is 133 Å². The molecule has 12 aromatic rings. The molecule has 320 valence electrons. The van der Waals surface area contributed by atoms with Gasteiger partial charge in [-0.25, -0.2) is 9.97 Å². The molecular formula is C60H45N7. The van der Waals surface area contributed by atoms with Crippen molar-refractivity contribution in [2.45, 2.75) is 27.7 Å². The lowest BCUT2D eigenvalue weighted by Gasteiger charge is -2.32. The number of aryl methyl sites for hydroxylation is 4. The Hall–Kier alpha value is -8.68. The third-order valence-corrected chi connectivity index (χ3v) is 13.1. The van der Waals surface area contributed by atoms with Crippen molar-refractivity contribution in [3.05, 3.63) is 223 Å². The van der Waals surface area contributed by atoms with E-state index in [1.165, 1.54) is 0 Å². The average Bonchev–Trinajstić information content (AvgIpc) is 3.91. The largest absolute Gasteiger partial charge is 0.307 e. The summed E-state index contributed by atoms with van der Waals surface area (Å²) in [6.45, 7) is 8.80. The summed E-state index contributed by atoms with van der Waals surface area (Å²) >= 11 is 0. The van der Waals surface area contributed by atoms with E-state index < -0.39 is 0 Å². The number of hydrogen-bond donors (Lipinski definition) is 0. The summed E-state index contributed by atoms with van der Waals surface area (Å²) in [6.07, 6.45) is 3.86. The lowest BCUT2D eigenvalue weighted by atomic mass is 10.0. The fourth-order valence-electron chi connectivity index (χ4n) is 10.0. The normalized spacial score (nSPS) is 11.6. The second-order valence-electron chi connectivity index (χ2n) is 17.3. The van der Waals surface area contributed by atoms with Gasteiger partial charge in [0.15, 0.2) is 5.82 Å². The molecule has 0 saturated heterocycles. The summed E-state index contributed by atoms with van der Waals surface area (Å²) in [5.41, 5.74) is 20.2. The number of pyridine rings is 2. The first-order valence-electron chi connectivity index (χ1n) is 22.7.